The molecule has 0 aliphatic carbocycles. The summed E-state index contributed by atoms with van der Waals surface area (Å²) in [6.45, 7) is 3.17. The van der Waals surface area contributed by atoms with Crippen molar-refractivity contribution >= 4 is 46.2 Å². The van der Waals surface area contributed by atoms with Crippen LogP contribution in [-0.2, 0) is 17.9 Å². The summed E-state index contributed by atoms with van der Waals surface area (Å²) in [5, 5.41) is 1.30. The Labute approximate surface area is 237 Å². The van der Waals surface area contributed by atoms with E-state index >= 15 is 0 Å². The van der Waals surface area contributed by atoms with Gasteiger partial charge >= 0.3 is 0 Å². The first kappa shape index (κ1) is 26.6. The Balaban J connectivity index is 1.42. The van der Waals surface area contributed by atoms with E-state index in [2.05, 4.69) is 0 Å². The molecule has 1 aliphatic rings. The summed E-state index contributed by atoms with van der Waals surface area (Å²) in [6.07, 6.45) is 1.87. The van der Waals surface area contributed by atoms with Crippen LogP contribution in [0.5, 0.6) is 11.5 Å². The number of hydrogen-bond donors (Lipinski definition) is 0. The summed E-state index contributed by atoms with van der Waals surface area (Å²) in [7, 11) is 0. The minimum atomic E-state index is -0.0875. The number of carbonyl (C=O) groups is 1. The number of amides is 1. The number of thioether (sulfide) groups is 1. The fraction of sp³-hybridized carbons (Fsp3) is 0.125. The number of rotatable bonds is 9. The first-order valence-corrected chi connectivity index (χ1v) is 13.8. The topological polar surface area (TPSA) is 51.1 Å². The van der Waals surface area contributed by atoms with Crippen molar-refractivity contribution in [2.75, 3.05) is 6.61 Å². The number of benzene rings is 4. The van der Waals surface area contributed by atoms with Gasteiger partial charge in [0.2, 0.25) is 0 Å². The van der Waals surface area contributed by atoms with Crippen LogP contribution in [0.4, 0.5) is 5.69 Å². The standard InChI is InChI=1S/C32H27ClN2O3S/c1-2-37-29-19-24(17-18-28(29)38-22-25-13-9-10-16-27(25)33)20-30-31(36)35(21-23-11-5-3-6-12-23)32(39-30)34-26-14-7-4-8-15-26/h3-20H,2,21-22H2,1H3/b30-20+,34-32?. The first-order valence-electron chi connectivity index (χ1n) is 12.6. The Morgan fingerprint density at radius 3 is 2.33 bits per heavy atom. The molecule has 39 heavy (non-hydrogen) atoms. The van der Waals surface area contributed by atoms with Gasteiger partial charge in [-0.15, -0.1) is 0 Å². The van der Waals surface area contributed by atoms with Gasteiger partial charge in [0.1, 0.15) is 6.61 Å². The van der Waals surface area contributed by atoms with E-state index in [4.69, 9.17) is 26.1 Å². The predicted molar refractivity (Wildman–Crippen MR) is 159 cm³/mol. The van der Waals surface area contributed by atoms with Crippen LogP contribution in [0.2, 0.25) is 5.02 Å². The summed E-state index contributed by atoms with van der Waals surface area (Å²) in [5.74, 6) is 1.13. The minimum absolute atomic E-state index is 0.0875. The quantitative estimate of drug-likeness (QED) is 0.196. The summed E-state index contributed by atoms with van der Waals surface area (Å²) in [6, 6.07) is 32.8. The molecule has 4 aromatic carbocycles. The van der Waals surface area contributed by atoms with Gasteiger partial charge in [-0.25, -0.2) is 4.99 Å². The van der Waals surface area contributed by atoms with Crippen molar-refractivity contribution in [2.24, 2.45) is 4.99 Å². The largest absolute Gasteiger partial charge is 0.490 e. The molecule has 0 spiro atoms. The molecular formula is C32H27ClN2O3S. The van der Waals surface area contributed by atoms with Crippen molar-refractivity contribution < 1.29 is 14.3 Å². The van der Waals surface area contributed by atoms with E-state index in [-0.39, 0.29) is 5.91 Å². The molecule has 5 nitrogen and oxygen atoms in total. The average Bonchev–Trinajstić information content (AvgIpc) is 3.23. The van der Waals surface area contributed by atoms with E-state index in [0.29, 0.717) is 46.4 Å². The Morgan fingerprint density at radius 2 is 1.59 bits per heavy atom. The Hall–Kier alpha value is -4.00. The van der Waals surface area contributed by atoms with Crippen molar-refractivity contribution in [1.82, 2.24) is 4.90 Å². The number of hydrogen-bond acceptors (Lipinski definition) is 5. The molecule has 1 amide bonds. The summed E-state index contributed by atoms with van der Waals surface area (Å²) in [5.41, 5.74) is 3.56. The van der Waals surface area contributed by atoms with Crippen molar-refractivity contribution in [3.8, 4) is 11.5 Å². The zero-order valence-corrected chi connectivity index (χ0v) is 23.0. The van der Waals surface area contributed by atoms with Gasteiger partial charge in [-0.3, -0.25) is 9.69 Å². The van der Waals surface area contributed by atoms with E-state index < -0.39 is 0 Å². The molecule has 0 atom stereocenters. The lowest BCUT2D eigenvalue weighted by Crippen LogP contribution is -2.28. The van der Waals surface area contributed by atoms with Gasteiger partial charge < -0.3 is 9.47 Å². The fourth-order valence-electron chi connectivity index (χ4n) is 4.03. The molecule has 1 fully saturated rings. The number of para-hydroxylation sites is 1. The van der Waals surface area contributed by atoms with Crippen LogP contribution >= 0.6 is 23.4 Å². The molecule has 1 saturated heterocycles. The molecular weight excluding hydrogens is 528 g/mol. The van der Waals surface area contributed by atoms with E-state index in [0.717, 1.165) is 22.4 Å². The lowest BCUT2D eigenvalue weighted by atomic mass is 10.1. The van der Waals surface area contributed by atoms with Crippen LogP contribution in [0.1, 0.15) is 23.6 Å². The van der Waals surface area contributed by atoms with Crippen molar-refractivity contribution in [3.05, 3.63) is 130 Å². The molecule has 196 valence electrons. The highest BCUT2D eigenvalue weighted by atomic mass is 35.5. The van der Waals surface area contributed by atoms with Crippen LogP contribution in [-0.4, -0.2) is 22.6 Å². The molecule has 1 heterocycles. The maximum atomic E-state index is 13.6. The zero-order chi connectivity index (χ0) is 27.0. The third-order valence-electron chi connectivity index (χ3n) is 5.96. The average molecular weight is 555 g/mol. The maximum Gasteiger partial charge on any atom is 0.267 e. The van der Waals surface area contributed by atoms with E-state index in [1.54, 1.807) is 4.90 Å². The highest BCUT2D eigenvalue weighted by Gasteiger charge is 2.33. The smallest absolute Gasteiger partial charge is 0.267 e. The molecule has 0 unspecified atom stereocenters. The second kappa shape index (κ2) is 12.7. The molecule has 1 aliphatic heterocycles. The summed E-state index contributed by atoms with van der Waals surface area (Å²) in [4.78, 5) is 20.7. The van der Waals surface area contributed by atoms with Crippen molar-refractivity contribution in [2.45, 2.75) is 20.1 Å². The number of ether oxygens (including phenoxy) is 2. The number of amidine groups is 1. The van der Waals surface area contributed by atoms with E-state index in [9.17, 15) is 4.79 Å². The SMILES string of the molecule is CCOc1cc(/C=C2/SC(=Nc3ccccc3)N(Cc3ccccc3)C2=O)ccc1OCc1ccccc1Cl. The Bertz CT molecular complexity index is 1510. The van der Waals surface area contributed by atoms with Crippen LogP contribution in [0.25, 0.3) is 6.08 Å². The van der Waals surface area contributed by atoms with E-state index in [1.165, 1.54) is 11.8 Å². The van der Waals surface area contributed by atoms with E-state index in [1.807, 2.05) is 116 Å². The second-order valence-corrected chi connectivity index (χ2v) is 10.2. The van der Waals surface area contributed by atoms with Crippen LogP contribution in [0.3, 0.4) is 0 Å². The summed E-state index contributed by atoms with van der Waals surface area (Å²) < 4.78 is 11.9. The van der Waals surface area contributed by atoms with Gasteiger partial charge in [-0.2, -0.15) is 0 Å². The van der Waals surface area contributed by atoms with Gasteiger partial charge in [0, 0.05) is 10.6 Å². The van der Waals surface area contributed by atoms with Gasteiger partial charge in [0.25, 0.3) is 5.91 Å². The third-order valence-corrected chi connectivity index (χ3v) is 7.33. The summed E-state index contributed by atoms with van der Waals surface area (Å²) >= 11 is 7.65. The molecule has 0 saturated carbocycles. The molecule has 0 aromatic heterocycles. The fourth-order valence-corrected chi connectivity index (χ4v) is 5.22. The molecule has 7 heteroatoms. The second-order valence-electron chi connectivity index (χ2n) is 8.74. The lowest BCUT2D eigenvalue weighted by molar-refractivity contribution is -0.122. The highest BCUT2D eigenvalue weighted by molar-refractivity contribution is 8.18. The number of carbonyl (C=O) groups excluding carboxylic acids is 1. The maximum absolute atomic E-state index is 13.6. The monoisotopic (exact) mass is 554 g/mol. The van der Waals surface area contributed by atoms with Crippen LogP contribution in [0.15, 0.2) is 113 Å². The predicted octanol–water partition coefficient (Wildman–Crippen LogP) is 8.12. The van der Waals surface area contributed by atoms with Crippen LogP contribution < -0.4 is 9.47 Å². The molecule has 5 rings (SSSR count). The van der Waals surface area contributed by atoms with Crippen molar-refractivity contribution in [3.63, 3.8) is 0 Å². The van der Waals surface area contributed by atoms with Gasteiger partial charge in [0.05, 0.1) is 23.7 Å². The molecule has 0 bridgehead atoms. The van der Waals surface area contributed by atoms with Gasteiger partial charge in [-0.1, -0.05) is 84.4 Å². The van der Waals surface area contributed by atoms with Crippen molar-refractivity contribution in [1.29, 1.82) is 0 Å². The highest BCUT2D eigenvalue weighted by Crippen LogP contribution is 2.37. The minimum Gasteiger partial charge on any atom is -0.490 e. The lowest BCUT2D eigenvalue weighted by Gasteiger charge is -2.15. The zero-order valence-electron chi connectivity index (χ0n) is 21.4. The molecule has 0 radical (unpaired) electrons. The van der Waals surface area contributed by atoms with Gasteiger partial charge in [-0.05, 0) is 66.2 Å². The molecule has 0 N–H and O–H groups in total. The third kappa shape index (κ3) is 6.72. The van der Waals surface area contributed by atoms with Gasteiger partial charge in [0.15, 0.2) is 16.7 Å². The van der Waals surface area contributed by atoms with Crippen LogP contribution in [0, 0.1) is 0 Å². The Morgan fingerprint density at radius 1 is 0.872 bits per heavy atom. The number of nitrogens with zero attached hydrogens (tertiary/aromatic N) is 2. The number of halogens is 1. The molecule has 4 aromatic rings. The number of aliphatic imine (C=N–C) groups is 1. The first-order chi connectivity index (χ1) is 19.1. The Kier molecular flexibility index (Phi) is 8.66. The normalized spacial score (nSPS) is 15.2.